The number of methoxy groups -OCH3 is 2. The van der Waals surface area contributed by atoms with Gasteiger partial charge in [0, 0.05) is 0 Å². The van der Waals surface area contributed by atoms with Crippen LogP contribution in [0.1, 0.15) is 36.1 Å². The van der Waals surface area contributed by atoms with E-state index >= 15 is 0 Å². The summed E-state index contributed by atoms with van der Waals surface area (Å²) in [5.74, 6) is 1.88. The summed E-state index contributed by atoms with van der Waals surface area (Å²) in [5.41, 5.74) is 3.15. The molecular formula is C21H27NO4. The summed E-state index contributed by atoms with van der Waals surface area (Å²) in [5, 5.41) is 3.02. The van der Waals surface area contributed by atoms with E-state index in [1.807, 2.05) is 57.2 Å². The minimum atomic E-state index is -0.160. The lowest BCUT2D eigenvalue weighted by Gasteiger charge is -2.19. The molecule has 0 aliphatic carbocycles. The highest BCUT2D eigenvalue weighted by Crippen LogP contribution is 2.30. The predicted octanol–water partition coefficient (Wildman–Crippen LogP) is 3.97. The van der Waals surface area contributed by atoms with Gasteiger partial charge in [0.25, 0.3) is 5.91 Å². The zero-order valence-corrected chi connectivity index (χ0v) is 16.1. The Morgan fingerprint density at radius 1 is 1.04 bits per heavy atom. The third-order valence-corrected chi connectivity index (χ3v) is 4.47. The maximum Gasteiger partial charge on any atom is 0.258 e. The molecule has 140 valence electrons. The summed E-state index contributed by atoms with van der Waals surface area (Å²) in [6.07, 6.45) is 0.755. The molecule has 0 radical (unpaired) electrons. The number of benzene rings is 2. The number of hydrogen-bond acceptors (Lipinski definition) is 4. The van der Waals surface area contributed by atoms with Gasteiger partial charge in [0.05, 0.1) is 20.3 Å². The van der Waals surface area contributed by atoms with Gasteiger partial charge in [-0.15, -0.1) is 0 Å². The van der Waals surface area contributed by atoms with Gasteiger partial charge in [-0.25, -0.2) is 0 Å². The quantitative estimate of drug-likeness (QED) is 0.777. The molecule has 1 amide bonds. The molecule has 0 spiro atoms. The van der Waals surface area contributed by atoms with Gasteiger partial charge in [-0.1, -0.05) is 25.1 Å². The van der Waals surface area contributed by atoms with Crippen molar-refractivity contribution in [3.05, 3.63) is 53.1 Å². The number of nitrogens with one attached hydrogen (secondary N) is 1. The lowest BCUT2D eigenvalue weighted by Crippen LogP contribution is -2.32. The maximum atomic E-state index is 12.3. The van der Waals surface area contributed by atoms with Gasteiger partial charge in [0.15, 0.2) is 18.1 Å². The van der Waals surface area contributed by atoms with Crippen molar-refractivity contribution in [1.82, 2.24) is 5.32 Å². The van der Waals surface area contributed by atoms with Crippen molar-refractivity contribution in [3.8, 4) is 17.2 Å². The molecule has 0 heterocycles. The van der Waals surface area contributed by atoms with Crippen LogP contribution in [0.3, 0.4) is 0 Å². The first kappa shape index (κ1) is 19.6. The Morgan fingerprint density at radius 3 is 2.42 bits per heavy atom. The van der Waals surface area contributed by atoms with Crippen LogP contribution in [-0.4, -0.2) is 26.7 Å². The summed E-state index contributed by atoms with van der Waals surface area (Å²) in [7, 11) is 3.19. The van der Waals surface area contributed by atoms with Gasteiger partial charge in [-0.05, 0) is 55.2 Å². The maximum absolute atomic E-state index is 12.3. The number of hydrogen-bond donors (Lipinski definition) is 1. The predicted molar refractivity (Wildman–Crippen MR) is 102 cm³/mol. The number of carbonyl (C=O) groups excluding carboxylic acids is 1. The summed E-state index contributed by atoms with van der Waals surface area (Å²) in [6.45, 7) is 6.01. The van der Waals surface area contributed by atoms with Gasteiger partial charge in [0.1, 0.15) is 5.75 Å². The Labute approximate surface area is 155 Å². The highest BCUT2D eigenvalue weighted by molar-refractivity contribution is 5.78. The fourth-order valence-electron chi connectivity index (χ4n) is 2.75. The Morgan fingerprint density at radius 2 is 1.77 bits per heavy atom. The van der Waals surface area contributed by atoms with Crippen LogP contribution in [-0.2, 0) is 4.79 Å². The molecule has 2 aromatic carbocycles. The molecule has 5 heteroatoms. The second-order valence-corrected chi connectivity index (χ2v) is 6.13. The van der Waals surface area contributed by atoms with Crippen LogP contribution in [0.4, 0.5) is 0 Å². The van der Waals surface area contributed by atoms with Gasteiger partial charge in [0.2, 0.25) is 0 Å². The van der Waals surface area contributed by atoms with Gasteiger partial charge >= 0.3 is 0 Å². The Bertz CT molecular complexity index is 758. The van der Waals surface area contributed by atoms with E-state index in [2.05, 4.69) is 5.32 Å². The molecule has 0 aliphatic heterocycles. The van der Waals surface area contributed by atoms with Crippen molar-refractivity contribution >= 4 is 5.91 Å². The van der Waals surface area contributed by atoms with Crippen molar-refractivity contribution in [1.29, 1.82) is 0 Å². The molecule has 0 aliphatic rings. The monoisotopic (exact) mass is 357 g/mol. The Kier molecular flexibility index (Phi) is 6.89. The van der Waals surface area contributed by atoms with Gasteiger partial charge < -0.3 is 19.5 Å². The van der Waals surface area contributed by atoms with Crippen LogP contribution in [0.15, 0.2) is 36.4 Å². The molecule has 2 rings (SSSR count). The number of aryl methyl sites for hydroxylation is 1. The summed E-state index contributed by atoms with van der Waals surface area (Å²) in [6, 6.07) is 11.4. The number of carbonyl (C=O) groups is 1. The van der Waals surface area contributed by atoms with Crippen molar-refractivity contribution in [2.75, 3.05) is 20.8 Å². The highest BCUT2D eigenvalue weighted by Gasteiger charge is 2.16. The van der Waals surface area contributed by atoms with Crippen LogP contribution in [0, 0.1) is 13.8 Å². The second kappa shape index (κ2) is 9.13. The van der Waals surface area contributed by atoms with E-state index in [0.717, 1.165) is 28.9 Å². The zero-order chi connectivity index (χ0) is 19.1. The molecule has 5 nitrogen and oxygen atoms in total. The lowest BCUT2D eigenvalue weighted by atomic mass is 10.0. The largest absolute Gasteiger partial charge is 0.493 e. The molecule has 0 saturated heterocycles. The van der Waals surface area contributed by atoms with E-state index in [4.69, 9.17) is 14.2 Å². The minimum absolute atomic E-state index is 0.0198. The molecule has 26 heavy (non-hydrogen) atoms. The minimum Gasteiger partial charge on any atom is -0.493 e. The molecule has 2 aromatic rings. The molecule has 0 aromatic heterocycles. The van der Waals surface area contributed by atoms with Gasteiger partial charge in [-0.2, -0.15) is 0 Å². The first-order valence-electron chi connectivity index (χ1n) is 8.70. The first-order valence-corrected chi connectivity index (χ1v) is 8.70. The number of rotatable bonds is 8. The molecule has 1 atom stereocenters. The standard InChI is InChI=1S/C21H27NO4/c1-6-17(16-10-11-19(24-4)20(12-16)25-5)22-21(23)13-26-18-9-7-8-14(2)15(18)3/h7-12,17H,6,13H2,1-5H3,(H,22,23)/t17-/m1/s1. The fraction of sp³-hybridized carbons (Fsp3) is 0.381. The third-order valence-electron chi connectivity index (χ3n) is 4.47. The van der Waals surface area contributed by atoms with Crippen LogP contribution < -0.4 is 19.5 Å². The van der Waals surface area contributed by atoms with Crippen molar-refractivity contribution < 1.29 is 19.0 Å². The second-order valence-electron chi connectivity index (χ2n) is 6.13. The van der Waals surface area contributed by atoms with Crippen molar-refractivity contribution in [2.45, 2.75) is 33.2 Å². The Hall–Kier alpha value is -2.69. The third kappa shape index (κ3) is 4.69. The molecule has 0 bridgehead atoms. The first-order chi connectivity index (χ1) is 12.5. The number of amides is 1. The van der Waals surface area contributed by atoms with E-state index in [-0.39, 0.29) is 18.6 Å². The van der Waals surface area contributed by atoms with Crippen molar-refractivity contribution in [3.63, 3.8) is 0 Å². The van der Waals surface area contributed by atoms with Crippen LogP contribution in [0.25, 0.3) is 0 Å². The normalized spacial score (nSPS) is 11.6. The smallest absolute Gasteiger partial charge is 0.258 e. The van der Waals surface area contributed by atoms with Crippen LogP contribution in [0.2, 0.25) is 0 Å². The average molecular weight is 357 g/mol. The van der Waals surface area contributed by atoms with E-state index in [1.165, 1.54) is 0 Å². The topological polar surface area (TPSA) is 56.8 Å². The van der Waals surface area contributed by atoms with E-state index < -0.39 is 0 Å². The zero-order valence-electron chi connectivity index (χ0n) is 16.1. The van der Waals surface area contributed by atoms with Gasteiger partial charge in [-0.3, -0.25) is 4.79 Å². The highest BCUT2D eigenvalue weighted by atomic mass is 16.5. The molecule has 1 N–H and O–H groups in total. The van der Waals surface area contributed by atoms with E-state index in [0.29, 0.717) is 11.5 Å². The SMILES string of the molecule is CC[C@@H](NC(=O)COc1cccc(C)c1C)c1ccc(OC)c(OC)c1. The summed E-state index contributed by atoms with van der Waals surface area (Å²) in [4.78, 5) is 12.3. The average Bonchev–Trinajstić information content (AvgIpc) is 2.66. The molecule has 0 saturated carbocycles. The van der Waals surface area contributed by atoms with Crippen LogP contribution in [0.5, 0.6) is 17.2 Å². The molecule has 0 fully saturated rings. The van der Waals surface area contributed by atoms with Crippen LogP contribution >= 0.6 is 0 Å². The fourth-order valence-corrected chi connectivity index (χ4v) is 2.75. The van der Waals surface area contributed by atoms with E-state index in [9.17, 15) is 4.79 Å². The lowest BCUT2D eigenvalue weighted by molar-refractivity contribution is -0.123. The van der Waals surface area contributed by atoms with Crippen molar-refractivity contribution in [2.24, 2.45) is 0 Å². The summed E-state index contributed by atoms with van der Waals surface area (Å²) < 4.78 is 16.3. The number of ether oxygens (including phenoxy) is 3. The Balaban J connectivity index is 2.03. The molecule has 0 unspecified atom stereocenters. The summed E-state index contributed by atoms with van der Waals surface area (Å²) >= 11 is 0. The molecular weight excluding hydrogens is 330 g/mol. The van der Waals surface area contributed by atoms with E-state index in [1.54, 1.807) is 14.2 Å².